The molecule has 1 saturated heterocycles. The molecule has 3 heteroatoms. The van der Waals surface area contributed by atoms with Crippen molar-refractivity contribution in [2.24, 2.45) is 0 Å². The van der Waals surface area contributed by atoms with E-state index in [4.69, 9.17) is 4.74 Å². The minimum absolute atomic E-state index is 0.468. The SMILES string of the molecule is CCCNCc1ccc(SCC2CCCO2)c(C)c1. The molecule has 1 aliphatic rings. The van der Waals surface area contributed by atoms with Crippen LogP contribution in [0.5, 0.6) is 0 Å². The molecule has 0 bridgehead atoms. The quantitative estimate of drug-likeness (QED) is 0.606. The third kappa shape index (κ3) is 4.83. The van der Waals surface area contributed by atoms with Crippen LogP contribution in [-0.2, 0) is 11.3 Å². The Labute approximate surface area is 121 Å². The summed E-state index contributed by atoms with van der Waals surface area (Å²) in [5.74, 6) is 1.09. The number of benzene rings is 1. The van der Waals surface area contributed by atoms with Crippen molar-refractivity contribution in [2.75, 3.05) is 18.9 Å². The molecule has 1 fully saturated rings. The summed E-state index contributed by atoms with van der Waals surface area (Å²) in [5, 5.41) is 3.45. The van der Waals surface area contributed by atoms with Crippen LogP contribution in [0.1, 0.15) is 37.3 Å². The highest BCUT2D eigenvalue weighted by molar-refractivity contribution is 7.99. The Balaban J connectivity index is 1.83. The van der Waals surface area contributed by atoms with E-state index >= 15 is 0 Å². The van der Waals surface area contributed by atoms with Gasteiger partial charge in [-0.25, -0.2) is 0 Å². The number of ether oxygens (including phenoxy) is 1. The molecule has 1 heterocycles. The van der Waals surface area contributed by atoms with E-state index in [-0.39, 0.29) is 0 Å². The van der Waals surface area contributed by atoms with Gasteiger partial charge in [0.2, 0.25) is 0 Å². The van der Waals surface area contributed by atoms with Crippen LogP contribution < -0.4 is 5.32 Å². The van der Waals surface area contributed by atoms with Crippen LogP contribution in [-0.4, -0.2) is 25.0 Å². The molecule has 0 aliphatic carbocycles. The Hall–Kier alpha value is -0.510. The molecular weight excluding hydrogens is 254 g/mol. The van der Waals surface area contributed by atoms with Gasteiger partial charge in [-0.15, -0.1) is 11.8 Å². The second-order valence-electron chi connectivity index (χ2n) is 5.22. The maximum absolute atomic E-state index is 5.67. The van der Waals surface area contributed by atoms with E-state index in [1.54, 1.807) is 0 Å². The maximum Gasteiger partial charge on any atom is 0.0669 e. The molecule has 0 amide bonds. The predicted molar refractivity (Wildman–Crippen MR) is 82.9 cm³/mol. The van der Waals surface area contributed by atoms with Crippen LogP contribution >= 0.6 is 11.8 Å². The first-order chi connectivity index (χ1) is 9.29. The number of thioether (sulfide) groups is 1. The molecule has 0 saturated carbocycles. The Bertz CT molecular complexity index is 388. The fourth-order valence-corrected chi connectivity index (χ4v) is 3.43. The normalized spacial score (nSPS) is 18.9. The van der Waals surface area contributed by atoms with Crippen LogP contribution in [0.25, 0.3) is 0 Å². The van der Waals surface area contributed by atoms with Gasteiger partial charge in [-0.05, 0) is 49.9 Å². The lowest BCUT2D eigenvalue weighted by molar-refractivity contribution is 0.129. The average Bonchev–Trinajstić information content (AvgIpc) is 2.91. The van der Waals surface area contributed by atoms with Crippen LogP contribution in [0.2, 0.25) is 0 Å². The van der Waals surface area contributed by atoms with Crippen molar-refractivity contribution in [2.45, 2.75) is 50.7 Å². The molecule has 0 aromatic heterocycles. The predicted octanol–water partition coefficient (Wildman–Crippen LogP) is 3.77. The number of nitrogens with one attached hydrogen (secondary N) is 1. The molecular formula is C16H25NOS. The molecule has 1 atom stereocenters. The summed E-state index contributed by atoms with van der Waals surface area (Å²) in [6.45, 7) is 7.43. The maximum atomic E-state index is 5.67. The number of hydrogen-bond donors (Lipinski definition) is 1. The largest absolute Gasteiger partial charge is 0.377 e. The minimum atomic E-state index is 0.468. The Morgan fingerprint density at radius 3 is 3.00 bits per heavy atom. The first-order valence-corrected chi connectivity index (χ1v) is 8.33. The summed E-state index contributed by atoms with van der Waals surface area (Å²) in [6.07, 6.45) is 4.11. The van der Waals surface area contributed by atoms with Gasteiger partial charge in [-0.1, -0.05) is 19.1 Å². The standard InChI is InChI=1S/C16H25NOS/c1-3-8-17-11-14-6-7-16(13(2)10-14)19-12-15-5-4-9-18-15/h6-7,10,15,17H,3-5,8-9,11-12H2,1-2H3. The van der Waals surface area contributed by atoms with Gasteiger partial charge in [-0.2, -0.15) is 0 Å². The van der Waals surface area contributed by atoms with Gasteiger partial charge in [-0.3, -0.25) is 0 Å². The lowest BCUT2D eigenvalue weighted by Gasteiger charge is -2.12. The van der Waals surface area contributed by atoms with Crippen LogP contribution in [0, 0.1) is 6.92 Å². The van der Waals surface area contributed by atoms with E-state index in [1.807, 2.05) is 11.8 Å². The minimum Gasteiger partial charge on any atom is -0.377 e. The monoisotopic (exact) mass is 279 g/mol. The fraction of sp³-hybridized carbons (Fsp3) is 0.625. The van der Waals surface area contributed by atoms with Crippen LogP contribution in [0.15, 0.2) is 23.1 Å². The zero-order valence-corrected chi connectivity index (χ0v) is 12.9. The van der Waals surface area contributed by atoms with Crippen LogP contribution in [0.3, 0.4) is 0 Å². The fourth-order valence-electron chi connectivity index (χ4n) is 2.35. The Morgan fingerprint density at radius 1 is 1.42 bits per heavy atom. The van der Waals surface area contributed by atoms with Gasteiger partial charge < -0.3 is 10.1 Å². The van der Waals surface area contributed by atoms with Crippen molar-refractivity contribution in [3.63, 3.8) is 0 Å². The molecule has 2 nitrogen and oxygen atoms in total. The second-order valence-corrected chi connectivity index (χ2v) is 6.28. The lowest BCUT2D eigenvalue weighted by Crippen LogP contribution is -2.13. The molecule has 1 aromatic rings. The number of aryl methyl sites for hydroxylation is 1. The molecule has 1 aromatic carbocycles. The zero-order chi connectivity index (χ0) is 13.5. The first-order valence-electron chi connectivity index (χ1n) is 7.34. The third-order valence-corrected chi connectivity index (χ3v) is 4.75. The summed E-state index contributed by atoms with van der Waals surface area (Å²) in [6, 6.07) is 6.81. The van der Waals surface area contributed by atoms with E-state index in [2.05, 4.69) is 37.4 Å². The van der Waals surface area contributed by atoms with Crippen molar-refractivity contribution < 1.29 is 4.74 Å². The highest BCUT2D eigenvalue weighted by atomic mass is 32.2. The van der Waals surface area contributed by atoms with Gasteiger partial charge in [0, 0.05) is 23.8 Å². The van der Waals surface area contributed by atoms with Crippen molar-refractivity contribution in [3.05, 3.63) is 29.3 Å². The van der Waals surface area contributed by atoms with Gasteiger partial charge in [0.15, 0.2) is 0 Å². The summed E-state index contributed by atoms with van der Waals surface area (Å²) < 4.78 is 5.67. The second kappa shape index (κ2) is 7.93. The van der Waals surface area contributed by atoms with Gasteiger partial charge in [0.05, 0.1) is 6.10 Å². The van der Waals surface area contributed by atoms with E-state index in [9.17, 15) is 0 Å². The summed E-state index contributed by atoms with van der Waals surface area (Å²) in [5.41, 5.74) is 2.77. The molecule has 1 N–H and O–H groups in total. The molecule has 0 radical (unpaired) electrons. The topological polar surface area (TPSA) is 21.3 Å². The first kappa shape index (κ1) is 14.9. The summed E-state index contributed by atoms with van der Waals surface area (Å²) in [4.78, 5) is 1.40. The van der Waals surface area contributed by atoms with Crippen molar-refractivity contribution in [1.29, 1.82) is 0 Å². The zero-order valence-electron chi connectivity index (χ0n) is 12.1. The molecule has 1 aliphatic heterocycles. The van der Waals surface area contributed by atoms with E-state index in [0.29, 0.717) is 6.10 Å². The summed E-state index contributed by atoms with van der Waals surface area (Å²) >= 11 is 1.94. The molecule has 106 valence electrons. The van der Waals surface area contributed by atoms with Crippen LogP contribution in [0.4, 0.5) is 0 Å². The number of rotatable bonds is 7. The van der Waals surface area contributed by atoms with Crippen molar-refractivity contribution in [1.82, 2.24) is 5.32 Å². The number of hydrogen-bond acceptors (Lipinski definition) is 3. The van der Waals surface area contributed by atoms with Gasteiger partial charge >= 0.3 is 0 Å². The van der Waals surface area contributed by atoms with E-state index in [0.717, 1.165) is 25.4 Å². The highest BCUT2D eigenvalue weighted by Crippen LogP contribution is 2.27. The molecule has 19 heavy (non-hydrogen) atoms. The summed E-state index contributed by atoms with van der Waals surface area (Å²) in [7, 11) is 0. The van der Waals surface area contributed by atoms with E-state index < -0.39 is 0 Å². The third-order valence-electron chi connectivity index (χ3n) is 3.44. The van der Waals surface area contributed by atoms with Gasteiger partial charge in [0.25, 0.3) is 0 Å². The molecule has 1 unspecified atom stereocenters. The van der Waals surface area contributed by atoms with E-state index in [1.165, 1.54) is 35.3 Å². The van der Waals surface area contributed by atoms with Gasteiger partial charge in [0.1, 0.15) is 0 Å². The lowest BCUT2D eigenvalue weighted by atomic mass is 10.1. The smallest absolute Gasteiger partial charge is 0.0669 e. The molecule has 0 spiro atoms. The molecule has 2 rings (SSSR count). The van der Waals surface area contributed by atoms with Crippen molar-refractivity contribution in [3.8, 4) is 0 Å². The Kier molecular flexibility index (Phi) is 6.21. The van der Waals surface area contributed by atoms with Crippen molar-refractivity contribution >= 4 is 11.8 Å². The highest BCUT2D eigenvalue weighted by Gasteiger charge is 2.15. The Morgan fingerprint density at radius 2 is 2.32 bits per heavy atom. The average molecular weight is 279 g/mol.